The summed E-state index contributed by atoms with van der Waals surface area (Å²) >= 11 is 0. The molecule has 0 radical (unpaired) electrons. The first-order chi connectivity index (χ1) is 7.99. The fraction of sp³-hybridized carbons (Fsp3) is 0.769. The van der Waals surface area contributed by atoms with Gasteiger partial charge in [-0.2, -0.15) is 0 Å². The Kier molecular flexibility index (Phi) is 12.9. The van der Waals surface area contributed by atoms with E-state index in [9.17, 15) is 4.79 Å². The zero-order chi connectivity index (χ0) is 13.3. The van der Waals surface area contributed by atoms with Gasteiger partial charge < -0.3 is 5.32 Å². The summed E-state index contributed by atoms with van der Waals surface area (Å²) in [5.41, 5.74) is 0.575. The van der Waals surface area contributed by atoms with Gasteiger partial charge in [0.05, 0.1) is 0 Å². The van der Waals surface area contributed by atoms with E-state index in [4.69, 9.17) is 0 Å². The van der Waals surface area contributed by atoms with Gasteiger partial charge in [0.1, 0.15) is 0 Å². The summed E-state index contributed by atoms with van der Waals surface area (Å²) in [6.07, 6.45) is 3.26. The zero-order valence-corrected chi connectivity index (χ0v) is 13.9. The van der Waals surface area contributed by atoms with Gasteiger partial charge in [0, 0.05) is 39.3 Å². The fourth-order valence-electron chi connectivity index (χ4n) is 1.54. The van der Waals surface area contributed by atoms with Crippen molar-refractivity contribution in [2.45, 2.75) is 33.1 Å². The Morgan fingerprint density at radius 1 is 1.22 bits per heavy atom. The van der Waals surface area contributed by atoms with E-state index >= 15 is 0 Å². The molecule has 0 saturated heterocycles. The predicted molar refractivity (Wildman–Crippen MR) is 82.9 cm³/mol. The van der Waals surface area contributed by atoms with Gasteiger partial charge in [0.15, 0.2) is 0 Å². The Bertz CT molecular complexity index is 244. The van der Waals surface area contributed by atoms with Crippen LogP contribution in [-0.2, 0) is 4.79 Å². The SMILES string of the molecule is Br.C=C(C)C(=O)NCCCCN(CCC)N(C)C. The highest BCUT2D eigenvalue weighted by atomic mass is 79.9. The number of rotatable bonds is 9. The first kappa shape index (κ1) is 19.9. The maximum absolute atomic E-state index is 11.2. The Hall–Kier alpha value is -0.390. The van der Waals surface area contributed by atoms with E-state index in [2.05, 4.69) is 42.9 Å². The average Bonchev–Trinajstić information content (AvgIpc) is 2.26. The van der Waals surface area contributed by atoms with Gasteiger partial charge in [-0.3, -0.25) is 4.79 Å². The second-order valence-electron chi connectivity index (χ2n) is 4.54. The molecule has 18 heavy (non-hydrogen) atoms. The highest BCUT2D eigenvalue weighted by molar-refractivity contribution is 8.93. The normalized spacial score (nSPS) is 10.3. The number of nitrogens with one attached hydrogen (secondary N) is 1. The molecular weight excluding hydrogens is 294 g/mol. The van der Waals surface area contributed by atoms with Crippen molar-refractivity contribution in [3.63, 3.8) is 0 Å². The lowest BCUT2D eigenvalue weighted by molar-refractivity contribution is -0.117. The second kappa shape index (κ2) is 11.7. The molecule has 0 heterocycles. The summed E-state index contributed by atoms with van der Waals surface area (Å²) in [5, 5.41) is 7.30. The monoisotopic (exact) mass is 321 g/mol. The topological polar surface area (TPSA) is 35.6 Å². The molecule has 0 aliphatic carbocycles. The van der Waals surface area contributed by atoms with E-state index in [1.807, 2.05) is 0 Å². The van der Waals surface area contributed by atoms with Gasteiger partial charge >= 0.3 is 0 Å². The van der Waals surface area contributed by atoms with Crippen molar-refractivity contribution in [1.82, 2.24) is 15.3 Å². The minimum absolute atomic E-state index is 0. The van der Waals surface area contributed by atoms with Crippen LogP contribution in [-0.4, -0.2) is 49.7 Å². The third-order valence-electron chi connectivity index (χ3n) is 2.56. The molecule has 0 aliphatic heterocycles. The number of nitrogens with zero attached hydrogens (tertiary/aromatic N) is 2. The van der Waals surface area contributed by atoms with Crippen LogP contribution in [0.25, 0.3) is 0 Å². The van der Waals surface area contributed by atoms with E-state index < -0.39 is 0 Å². The minimum atomic E-state index is -0.0389. The molecule has 0 atom stereocenters. The predicted octanol–water partition coefficient (Wildman–Crippen LogP) is 2.23. The minimum Gasteiger partial charge on any atom is -0.352 e. The maximum atomic E-state index is 11.2. The number of hydrogen-bond donors (Lipinski definition) is 1. The molecule has 4 nitrogen and oxygen atoms in total. The van der Waals surface area contributed by atoms with Crippen molar-refractivity contribution in [3.05, 3.63) is 12.2 Å². The summed E-state index contributed by atoms with van der Waals surface area (Å²) in [4.78, 5) is 11.2. The lowest BCUT2D eigenvalue weighted by Crippen LogP contribution is -2.38. The quantitative estimate of drug-likeness (QED) is 0.402. The van der Waals surface area contributed by atoms with Crippen LogP contribution < -0.4 is 5.32 Å². The van der Waals surface area contributed by atoms with Crippen molar-refractivity contribution in [2.75, 3.05) is 33.7 Å². The van der Waals surface area contributed by atoms with Gasteiger partial charge in [-0.1, -0.05) is 13.5 Å². The van der Waals surface area contributed by atoms with E-state index in [1.165, 1.54) is 0 Å². The molecule has 0 unspecified atom stereocenters. The molecule has 0 rings (SSSR count). The number of hydrogen-bond acceptors (Lipinski definition) is 3. The third-order valence-corrected chi connectivity index (χ3v) is 2.56. The van der Waals surface area contributed by atoms with Gasteiger partial charge in [-0.15, -0.1) is 17.0 Å². The zero-order valence-electron chi connectivity index (χ0n) is 12.2. The number of hydrazine groups is 1. The number of amides is 1. The maximum Gasteiger partial charge on any atom is 0.246 e. The number of halogens is 1. The van der Waals surface area contributed by atoms with Crippen LogP contribution >= 0.6 is 17.0 Å². The summed E-state index contributed by atoms with van der Waals surface area (Å²) in [6.45, 7) is 10.4. The molecule has 1 N–H and O–H groups in total. The number of carbonyl (C=O) groups is 1. The molecule has 5 heteroatoms. The molecule has 108 valence electrons. The van der Waals surface area contributed by atoms with Crippen molar-refractivity contribution in [2.24, 2.45) is 0 Å². The molecule has 0 bridgehead atoms. The molecule has 0 aromatic rings. The molecule has 0 aliphatic rings. The summed E-state index contributed by atoms with van der Waals surface area (Å²) in [5.74, 6) is -0.0389. The van der Waals surface area contributed by atoms with Crippen LogP contribution in [0.5, 0.6) is 0 Å². The number of unbranched alkanes of at least 4 members (excludes halogenated alkanes) is 1. The summed E-state index contributed by atoms with van der Waals surface area (Å²) < 4.78 is 0. The Morgan fingerprint density at radius 3 is 2.28 bits per heavy atom. The molecular formula is C13H28BrN3O. The van der Waals surface area contributed by atoms with Crippen molar-refractivity contribution < 1.29 is 4.79 Å². The lowest BCUT2D eigenvalue weighted by Gasteiger charge is -2.28. The smallest absolute Gasteiger partial charge is 0.246 e. The van der Waals surface area contributed by atoms with Crippen LogP contribution in [0.15, 0.2) is 12.2 Å². The summed E-state index contributed by atoms with van der Waals surface area (Å²) in [6, 6.07) is 0. The van der Waals surface area contributed by atoms with Gasteiger partial charge in [0.25, 0.3) is 0 Å². The van der Waals surface area contributed by atoms with E-state index in [0.29, 0.717) is 5.57 Å². The molecule has 0 spiro atoms. The molecule has 0 fully saturated rings. The van der Waals surface area contributed by atoms with Crippen LogP contribution in [0.2, 0.25) is 0 Å². The molecule has 1 amide bonds. The third kappa shape index (κ3) is 9.62. The standard InChI is InChI=1S/C13H27N3O.BrH/c1-6-10-16(15(4)5)11-8-7-9-14-13(17)12(2)3;/h2,6-11H2,1,3-5H3,(H,14,17);1H. The highest BCUT2D eigenvalue weighted by Crippen LogP contribution is 1.98. The summed E-state index contributed by atoms with van der Waals surface area (Å²) in [7, 11) is 4.14. The van der Waals surface area contributed by atoms with Crippen LogP contribution in [0.3, 0.4) is 0 Å². The van der Waals surface area contributed by atoms with Crippen LogP contribution in [0, 0.1) is 0 Å². The molecule has 0 aromatic carbocycles. The van der Waals surface area contributed by atoms with Crippen LogP contribution in [0.1, 0.15) is 33.1 Å². The van der Waals surface area contributed by atoms with Crippen molar-refractivity contribution in [3.8, 4) is 0 Å². The molecule has 0 aromatic heterocycles. The fourth-order valence-corrected chi connectivity index (χ4v) is 1.54. The first-order valence-electron chi connectivity index (χ1n) is 6.35. The number of carbonyl (C=O) groups excluding carboxylic acids is 1. The Morgan fingerprint density at radius 2 is 1.83 bits per heavy atom. The first-order valence-corrected chi connectivity index (χ1v) is 6.35. The Labute approximate surface area is 122 Å². The lowest BCUT2D eigenvalue weighted by atomic mass is 10.2. The van der Waals surface area contributed by atoms with Gasteiger partial charge in [0.2, 0.25) is 5.91 Å². The Balaban J connectivity index is 0. The van der Waals surface area contributed by atoms with Gasteiger partial charge in [-0.25, -0.2) is 10.0 Å². The average molecular weight is 322 g/mol. The highest BCUT2D eigenvalue weighted by Gasteiger charge is 2.05. The van der Waals surface area contributed by atoms with Crippen molar-refractivity contribution >= 4 is 22.9 Å². The van der Waals surface area contributed by atoms with E-state index in [1.54, 1.807) is 6.92 Å². The van der Waals surface area contributed by atoms with E-state index in [0.717, 1.165) is 38.9 Å². The van der Waals surface area contributed by atoms with E-state index in [-0.39, 0.29) is 22.9 Å². The van der Waals surface area contributed by atoms with Crippen LogP contribution in [0.4, 0.5) is 0 Å². The second-order valence-corrected chi connectivity index (χ2v) is 4.54. The van der Waals surface area contributed by atoms with Crippen molar-refractivity contribution in [1.29, 1.82) is 0 Å². The molecule has 0 saturated carbocycles. The largest absolute Gasteiger partial charge is 0.352 e. The van der Waals surface area contributed by atoms with Gasteiger partial charge in [-0.05, 0) is 26.2 Å².